The van der Waals surface area contributed by atoms with E-state index in [1.54, 1.807) is 19.1 Å². The first-order chi connectivity index (χ1) is 14.9. The van der Waals surface area contributed by atoms with Crippen molar-refractivity contribution in [1.29, 1.82) is 0 Å². The third-order valence-electron chi connectivity index (χ3n) is 4.80. The normalized spacial score (nSPS) is 12.8. The number of ether oxygens (including phenoxy) is 2. The molecule has 2 amide bonds. The van der Waals surface area contributed by atoms with Crippen LogP contribution in [0.15, 0.2) is 47.4 Å². The predicted molar refractivity (Wildman–Crippen MR) is 115 cm³/mol. The lowest BCUT2D eigenvalue weighted by Gasteiger charge is -2.20. The molecule has 166 valence electrons. The second kappa shape index (κ2) is 9.69. The molecular weight excluding hydrogens is 422 g/mol. The molecule has 0 aromatic heterocycles. The molecule has 0 saturated heterocycles. The lowest BCUT2D eigenvalue weighted by Crippen LogP contribution is -2.35. The van der Waals surface area contributed by atoms with Gasteiger partial charge in [0.15, 0.2) is 0 Å². The Balaban J connectivity index is 1.77. The number of para-hydroxylation sites is 1. The van der Waals surface area contributed by atoms with E-state index in [9.17, 15) is 18.0 Å². The fourth-order valence-electron chi connectivity index (χ4n) is 3.33. The average molecular weight is 448 g/mol. The summed E-state index contributed by atoms with van der Waals surface area (Å²) < 4.78 is 37.9. The molecule has 31 heavy (non-hydrogen) atoms. The van der Waals surface area contributed by atoms with Crippen LogP contribution in [-0.4, -0.2) is 53.8 Å². The van der Waals surface area contributed by atoms with Crippen LogP contribution in [0.3, 0.4) is 0 Å². The summed E-state index contributed by atoms with van der Waals surface area (Å²) in [6.07, 6.45) is 0.0557. The molecule has 9 nitrogen and oxygen atoms in total. The fraction of sp³-hybridized carbons (Fsp3) is 0.333. The minimum absolute atomic E-state index is 0.000184. The predicted octanol–water partition coefficient (Wildman–Crippen LogP) is 1.92. The van der Waals surface area contributed by atoms with Crippen LogP contribution >= 0.6 is 0 Å². The van der Waals surface area contributed by atoms with E-state index in [-0.39, 0.29) is 35.9 Å². The van der Waals surface area contributed by atoms with E-state index < -0.39 is 22.0 Å². The summed E-state index contributed by atoms with van der Waals surface area (Å²) >= 11 is 0. The third kappa shape index (κ3) is 4.91. The van der Waals surface area contributed by atoms with Crippen molar-refractivity contribution in [1.82, 2.24) is 10.6 Å². The quantitative estimate of drug-likeness (QED) is 0.598. The Kier molecular flexibility index (Phi) is 7.01. The summed E-state index contributed by atoms with van der Waals surface area (Å²) in [5.74, 6) is -0.266. The van der Waals surface area contributed by atoms with Crippen molar-refractivity contribution in [3.05, 3.63) is 53.6 Å². The molecule has 0 saturated carbocycles. The highest BCUT2D eigenvalue weighted by molar-refractivity contribution is 7.92. The number of methoxy groups -OCH3 is 1. The molecule has 0 aliphatic carbocycles. The van der Waals surface area contributed by atoms with E-state index in [2.05, 4.69) is 10.6 Å². The summed E-state index contributed by atoms with van der Waals surface area (Å²) in [6.45, 7) is 2.58. The number of rotatable bonds is 8. The Labute approximate surface area is 181 Å². The smallest absolute Gasteiger partial charge is 0.407 e. The number of alkyl carbamates (subject to hydrolysis) is 1. The Morgan fingerprint density at radius 3 is 2.58 bits per heavy atom. The van der Waals surface area contributed by atoms with E-state index >= 15 is 0 Å². The monoisotopic (exact) mass is 447 g/mol. The van der Waals surface area contributed by atoms with Gasteiger partial charge < -0.3 is 20.1 Å². The van der Waals surface area contributed by atoms with Crippen molar-refractivity contribution >= 4 is 27.7 Å². The van der Waals surface area contributed by atoms with Crippen LogP contribution < -0.4 is 19.7 Å². The van der Waals surface area contributed by atoms with Gasteiger partial charge in [0.05, 0.1) is 29.9 Å². The van der Waals surface area contributed by atoms with E-state index in [1.807, 2.05) is 12.1 Å². The molecule has 0 bridgehead atoms. The van der Waals surface area contributed by atoms with Gasteiger partial charge in [0.2, 0.25) is 0 Å². The highest BCUT2D eigenvalue weighted by Crippen LogP contribution is 2.33. The molecule has 2 N–H and O–H groups in total. The minimum atomic E-state index is -3.85. The number of sulfonamides is 1. The van der Waals surface area contributed by atoms with Crippen molar-refractivity contribution in [3.63, 3.8) is 0 Å². The average Bonchev–Trinajstić information content (AvgIpc) is 3.21. The van der Waals surface area contributed by atoms with Crippen LogP contribution in [0.4, 0.5) is 10.5 Å². The zero-order valence-electron chi connectivity index (χ0n) is 17.4. The van der Waals surface area contributed by atoms with Crippen molar-refractivity contribution in [3.8, 4) is 5.75 Å². The standard InChI is InChI=1S/C21H25N3O6S/c1-3-30-21(26)23-12-11-22-20(25)17-14-16(8-9-19(17)29-2)31(27,28)24-13-10-15-6-4-5-7-18(15)24/h4-9,14H,3,10-13H2,1-2H3,(H,22,25)(H,23,26). The number of hydrogen-bond donors (Lipinski definition) is 2. The molecule has 0 atom stereocenters. The highest BCUT2D eigenvalue weighted by Gasteiger charge is 2.31. The first-order valence-corrected chi connectivity index (χ1v) is 11.3. The van der Waals surface area contributed by atoms with Gasteiger partial charge in [-0.15, -0.1) is 0 Å². The van der Waals surface area contributed by atoms with Gasteiger partial charge in [-0.1, -0.05) is 18.2 Å². The van der Waals surface area contributed by atoms with Gasteiger partial charge in [0.25, 0.3) is 15.9 Å². The van der Waals surface area contributed by atoms with Gasteiger partial charge >= 0.3 is 6.09 Å². The van der Waals surface area contributed by atoms with Crippen LogP contribution in [0, 0.1) is 0 Å². The Morgan fingerprint density at radius 2 is 1.84 bits per heavy atom. The number of carbonyl (C=O) groups is 2. The fourth-order valence-corrected chi connectivity index (χ4v) is 4.86. The molecule has 1 heterocycles. The molecule has 10 heteroatoms. The largest absolute Gasteiger partial charge is 0.496 e. The van der Waals surface area contributed by atoms with Crippen LogP contribution in [0.2, 0.25) is 0 Å². The molecule has 1 aliphatic heterocycles. The van der Waals surface area contributed by atoms with E-state index in [4.69, 9.17) is 9.47 Å². The number of anilines is 1. The molecule has 0 unspecified atom stereocenters. The molecule has 1 aliphatic rings. The Bertz CT molecular complexity index is 1070. The Morgan fingerprint density at radius 1 is 1.10 bits per heavy atom. The number of nitrogens with zero attached hydrogens (tertiary/aromatic N) is 1. The first kappa shape index (κ1) is 22.4. The lowest BCUT2D eigenvalue weighted by molar-refractivity contribution is 0.0949. The van der Waals surface area contributed by atoms with E-state index in [1.165, 1.54) is 29.6 Å². The van der Waals surface area contributed by atoms with Crippen molar-refractivity contribution < 1.29 is 27.5 Å². The summed E-state index contributed by atoms with van der Waals surface area (Å²) in [6, 6.07) is 11.5. The van der Waals surface area contributed by atoms with Crippen LogP contribution in [0.1, 0.15) is 22.8 Å². The minimum Gasteiger partial charge on any atom is -0.496 e. The zero-order chi connectivity index (χ0) is 22.4. The SMILES string of the molecule is CCOC(=O)NCCNC(=O)c1cc(S(=O)(=O)N2CCc3ccccc32)ccc1OC. The topological polar surface area (TPSA) is 114 Å². The number of carbonyl (C=O) groups excluding carboxylic acids is 2. The maximum atomic E-state index is 13.3. The summed E-state index contributed by atoms with van der Waals surface area (Å²) in [7, 11) is -2.45. The molecule has 0 radical (unpaired) electrons. The van der Waals surface area contributed by atoms with Gasteiger partial charge in [-0.05, 0) is 43.2 Å². The van der Waals surface area contributed by atoms with Crippen LogP contribution in [-0.2, 0) is 21.2 Å². The molecule has 2 aromatic rings. The van der Waals surface area contributed by atoms with Crippen molar-refractivity contribution in [2.24, 2.45) is 0 Å². The molecular formula is C21H25N3O6S. The number of fused-ring (bicyclic) bond motifs is 1. The number of nitrogens with one attached hydrogen (secondary N) is 2. The second-order valence-electron chi connectivity index (χ2n) is 6.72. The number of amides is 2. The lowest BCUT2D eigenvalue weighted by atomic mass is 10.2. The van der Waals surface area contributed by atoms with Crippen molar-refractivity contribution in [2.45, 2.75) is 18.2 Å². The molecule has 0 spiro atoms. The van der Waals surface area contributed by atoms with Gasteiger partial charge in [-0.25, -0.2) is 13.2 Å². The van der Waals surface area contributed by atoms with Crippen LogP contribution in [0.5, 0.6) is 5.75 Å². The second-order valence-corrected chi connectivity index (χ2v) is 8.58. The van der Waals surface area contributed by atoms with E-state index in [0.717, 1.165) is 5.56 Å². The highest BCUT2D eigenvalue weighted by atomic mass is 32.2. The summed E-state index contributed by atoms with van der Waals surface area (Å²) in [5.41, 5.74) is 1.70. The van der Waals surface area contributed by atoms with Crippen LogP contribution in [0.25, 0.3) is 0 Å². The summed E-state index contributed by atoms with van der Waals surface area (Å²) in [4.78, 5) is 23.9. The molecule has 3 rings (SSSR count). The first-order valence-electron chi connectivity index (χ1n) is 9.86. The maximum Gasteiger partial charge on any atom is 0.407 e. The van der Waals surface area contributed by atoms with Gasteiger partial charge in [-0.2, -0.15) is 0 Å². The van der Waals surface area contributed by atoms with Gasteiger partial charge in [0, 0.05) is 19.6 Å². The zero-order valence-corrected chi connectivity index (χ0v) is 18.2. The summed E-state index contributed by atoms with van der Waals surface area (Å²) in [5, 5.41) is 5.13. The maximum absolute atomic E-state index is 13.3. The number of hydrogen-bond acceptors (Lipinski definition) is 6. The van der Waals surface area contributed by atoms with E-state index in [0.29, 0.717) is 18.7 Å². The number of benzene rings is 2. The molecule has 0 fully saturated rings. The van der Waals surface area contributed by atoms with Crippen molar-refractivity contribution in [2.75, 3.05) is 37.7 Å². The molecule has 2 aromatic carbocycles. The Hall–Kier alpha value is -3.27. The van der Waals surface area contributed by atoms with Gasteiger partial charge in [-0.3, -0.25) is 9.10 Å². The third-order valence-corrected chi connectivity index (χ3v) is 6.61. The van der Waals surface area contributed by atoms with Gasteiger partial charge in [0.1, 0.15) is 5.75 Å².